The lowest BCUT2D eigenvalue weighted by Crippen LogP contribution is -2.36. The summed E-state index contributed by atoms with van der Waals surface area (Å²) in [5.74, 6) is 0.412. The van der Waals surface area contributed by atoms with Gasteiger partial charge in [0.2, 0.25) is 0 Å². The van der Waals surface area contributed by atoms with Gasteiger partial charge in [-0.25, -0.2) is 4.79 Å². The lowest BCUT2D eigenvalue weighted by molar-refractivity contribution is 0.495. The number of hydrogen-bond donors (Lipinski definition) is 1. The molecule has 21 heavy (non-hydrogen) atoms. The molecule has 2 rings (SSSR count). The molecule has 0 aliphatic rings. The Kier molecular flexibility index (Phi) is 4.68. The SMILES string of the molecule is Cc1ccc(-c2c(Cl)[nH]c(=O)n(CCC(C)C)c2=O)cc1. The Morgan fingerprint density at radius 2 is 1.81 bits per heavy atom. The van der Waals surface area contributed by atoms with E-state index in [4.69, 9.17) is 11.6 Å². The molecule has 1 aromatic carbocycles. The maximum atomic E-state index is 12.6. The highest BCUT2D eigenvalue weighted by atomic mass is 35.5. The summed E-state index contributed by atoms with van der Waals surface area (Å²) in [6.07, 6.45) is 0.762. The van der Waals surface area contributed by atoms with E-state index < -0.39 is 5.69 Å². The first-order valence-corrected chi connectivity index (χ1v) is 7.37. The zero-order valence-electron chi connectivity index (χ0n) is 12.4. The third-order valence-corrected chi connectivity index (χ3v) is 3.69. The molecule has 0 atom stereocenters. The highest BCUT2D eigenvalue weighted by Gasteiger charge is 2.14. The summed E-state index contributed by atoms with van der Waals surface area (Å²) in [6, 6.07) is 7.50. The molecule has 0 aliphatic heterocycles. The minimum atomic E-state index is -0.457. The number of aromatic nitrogens is 2. The number of hydrogen-bond acceptors (Lipinski definition) is 2. The fraction of sp³-hybridized carbons (Fsp3) is 0.375. The average molecular weight is 307 g/mol. The van der Waals surface area contributed by atoms with E-state index >= 15 is 0 Å². The van der Waals surface area contributed by atoms with Crippen molar-refractivity contribution >= 4 is 11.6 Å². The Labute approximate surface area is 128 Å². The van der Waals surface area contributed by atoms with Gasteiger partial charge in [0.25, 0.3) is 5.56 Å². The quantitative estimate of drug-likeness (QED) is 0.882. The number of halogens is 1. The maximum Gasteiger partial charge on any atom is 0.329 e. The van der Waals surface area contributed by atoms with Gasteiger partial charge in [-0.2, -0.15) is 0 Å². The van der Waals surface area contributed by atoms with Crippen LogP contribution < -0.4 is 11.2 Å². The predicted octanol–water partition coefficient (Wildman–Crippen LogP) is 3.21. The molecule has 0 unspecified atom stereocenters. The van der Waals surface area contributed by atoms with Crippen LogP contribution in [0.5, 0.6) is 0 Å². The van der Waals surface area contributed by atoms with Crippen LogP contribution in [-0.4, -0.2) is 9.55 Å². The number of aromatic amines is 1. The highest BCUT2D eigenvalue weighted by molar-refractivity contribution is 6.32. The van der Waals surface area contributed by atoms with Crippen molar-refractivity contribution in [2.24, 2.45) is 5.92 Å². The van der Waals surface area contributed by atoms with Gasteiger partial charge in [0.1, 0.15) is 5.15 Å². The Balaban J connectivity index is 2.56. The summed E-state index contributed by atoms with van der Waals surface area (Å²) in [5, 5.41) is 0.0923. The highest BCUT2D eigenvalue weighted by Crippen LogP contribution is 2.21. The van der Waals surface area contributed by atoms with Crippen LogP contribution in [0.4, 0.5) is 0 Å². The van der Waals surface area contributed by atoms with Crippen molar-refractivity contribution in [3.63, 3.8) is 0 Å². The zero-order chi connectivity index (χ0) is 15.6. The largest absolute Gasteiger partial charge is 0.329 e. The molecule has 1 N–H and O–H groups in total. The van der Waals surface area contributed by atoms with Crippen LogP contribution in [0.1, 0.15) is 25.8 Å². The number of aryl methyl sites for hydroxylation is 1. The van der Waals surface area contributed by atoms with Crippen LogP contribution in [0.25, 0.3) is 11.1 Å². The number of nitrogens with one attached hydrogen (secondary N) is 1. The van der Waals surface area contributed by atoms with E-state index in [9.17, 15) is 9.59 Å². The summed E-state index contributed by atoms with van der Waals surface area (Å²) >= 11 is 6.07. The fourth-order valence-corrected chi connectivity index (χ4v) is 2.38. The second kappa shape index (κ2) is 6.31. The summed E-state index contributed by atoms with van der Waals surface area (Å²) in [6.45, 7) is 6.47. The van der Waals surface area contributed by atoms with E-state index in [1.807, 2.05) is 31.2 Å². The average Bonchev–Trinajstić information content (AvgIpc) is 2.40. The predicted molar refractivity (Wildman–Crippen MR) is 86.0 cm³/mol. The zero-order valence-corrected chi connectivity index (χ0v) is 13.2. The Bertz CT molecular complexity index is 742. The molecule has 0 aliphatic carbocycles. The van der Waals surface area contributed by atoms with E-state index in [-0.39, 0.29) is 10.7 Å². The molecule has 2 aromatic rings. The van der Waals surface area contributed by atoms with Gasteiger partial charge in [0.05, 0.1) is 5.56 Å². The number of rotatable bonds is 4. The molecule has 5 heteroatoms. The van der Waals surface area contributed by atoms with Crippen LogP contribution in [0.15, 0.2) is 33.9 Å². The fourth-order valence-electron chi connectivity index (χ4n) is 2.11. The lowest BCUT2D eigenvalue weighted by atomic mass is 10.1. The summed E-state index contributed by atoms with van der Waals surface area (Å²) < 4.78 is 1.22. The molecule has 0 amide bonds. The number of benzene rings is 1. The van der Waals surface area contributed by atoms with Crippen molar-refractivity contribution in [1.82, 2.24) is 9.55 Å². The van der Waals surface area contributed by atoms with Crippen molar-refractivity contribution in [2.75, 3.05) is 0 Å². The molecule has 1 heterocycles. The van der Waals surface area contributed by atoms with Crippen molar-refractivity contribution in [2.45, 2.75) is 33.7 Å². The first kappa shape index (κ1) is 15.6. The minimum absolute atomic E-state index is 0.0923. The maximum absolute atomic E-state index is 12.6. The Morgan fingerprint density at radius 3 is 2.38 bits per heavy atom. The summed E-state index contributed by atoms with van der Waals surface area (Å²) in [5.41, 5.74) is 1.36. The lowest BCUT2D eigenvalue weighted by Gasteiger charge is -2.10. The van der Waals surface area contributed by atoms with Crippen molar-refractivity contribution in [3.8, 4) is 11.1 Å². The van der Waals surface area contributed by atoms with Gasteiger partial charge >= 0.3 is 5.69 Å². The molecule has 0 saturated carbocycles. The standard InChI is InChI=1S/C16H19ClN2O2/c1-10(2)8-9-19-15(20)13(14(17)18-16(19)21)12-6-4-11(3)5-7-12/h4-7,10H,8-9H2,1-3H3,(H,18,21). The van der Waals surface area contributed by atoms with Gasteiger partial charge < -0.3 is 0 Å². The van der Waals surface area contributed by atoms with E-state index in [2.05, 4.69) is 18.8 Å². The third-order valence-electron chi connectivity index (χ3n) is 3.41. The normalized spacial score (nSPS) is 11.1. The van der Waals surface area contributed by atoms with Gasteiger partial charge in [0.15, 0.2) is 0 Å². The monoisotopic (exact) mass is 306 g/mol. The molecule has 0 bridgehead atoms. The van der Waals surface area contributed by atoms with E-state index in [1.54, 1.807) is 0 Å². The van der Waals surface area contributed by atoms with Crippen LogP contribution in [0.2, 0.25) is 5.15 Å². The second-order valence-corrected chi connectivity index (χ2v) is 6.00. The van der Waals surface area contributed by atoms with Gasteiger partial charge in [-0.3, -0.25) is 14.3 Å². The van der Waals surface area contributed by atoms with E-state index in [1.165, 1.54) is 4.57 Å². The van der Waals surface area contributed by atoms with E-state index in [0.29, 0.717) is 23.6 Å². The summed E-state index contributed by atoms with van der Waals surface area (Å²) in [7, 11) is 0. The number of H-pyrrole nitrogens is 1. The molecule has 112 valence electrons. The molecule has 0 spiro atoms. The van der Waals surface area contributed by atoms with E-state index in [0.717, 1.165) is 12.0 Å². The molecule has 0 radical (unpaired) electrons. The Hall–Kier alpha value is -1.81. The van der Waals surface area contributed by atoms with Crippen LogP contribution in [0.3, 0.4) is 0 Å². The number of nitrogens with zero attached hydrogens (tertiary/aromatic N) is 1. The van der Waals surface area contributed by atoms with Crippen molar-refractivity contribution in [1.29, 1.82) is 0 Å². The molecule has 1 aromatic heterocycles. The van der Waals surface area contributed by atoms with Gasteiger partial charge in [0, 0.05) is 6.54 Å². The molecule has 4 nitrogen and oxygen atoms in total. The third kappa shape index (κ3) is 3.45. The first-order valence-electron chi connectivity index (χ1n) is 6.99. The van der Waals surface area contributed by atoms with Crippen LogP contribution in [0, 0.1) is 12.8 Å². The van der Waals surface area contributed by atoms with Gasteiger partial charge in [-0.05, 0) is 24.8 Å². The molecule has 0 saturated heterocycles. The smallest absolute Gasteiger partial charge is 0.297 e. The topological polar surface area (TPSA) is 54.9 Å². The molecular weight excluding hydrogens is 288 g/mol. The van der Waals surface area contributed by atoms with Crippen molar-refractivity contribution < 1.29 is 0 Å². The minimum Gasteiger partial charge on any atom is -0.297 e. The van der Waals surface area contributed by atoms with Crippen molar-refractivity contribution in [3.05, 3.63) is 55.8 Å². The first-order chi connectivity index (χ1) is 9.90. The van der Waals surface area contributed by atoms with Gasteiger partial charge in [-0.1, -0.05) is 55.3 Å². The second-order valence-electron chi connectivity index (χ2n) is 5.62. The molecule has 0 fully saturated rings. The van der Waals surface area contributed by atoms with Crippen LogP contribution >= 0.6 is 11.6 Å². The van der Waals surface area contributed by atoms with Crippen LogP contribution in [-0.2, 0) is 6.54 Å². The molecular formula is C16H19ClN2O2. The Morgan fingerprint density at radius 1 is 1.19 bits per heavy atom. The summed E-state index contributed by atoms with van der Waals surface area (Å²) in [4.78, 5) is 27.1. The van der Waals surface area contributed by atoms with Gasteiger partial charge in [-0.15, -0.1) is 0 Å².